The van der Waals surface area contributed by atoms with Gasteiger partial charge in [0, 0.05) is 17.6 Å². The molecule has 0 saturated heterocycles. The van der Waals surface area contributed by atoms with Gasteiger partial charge in [0.05, 0.1) is 14.2 Å². The molecule has 1 unspecified atom stereocenters. The van der Waals surface area contributed by atoms with Gasteiger partial charge in [-0.2, -0.15) is 0 Å². The number of nitrogens with zero attached hydrogens (tertiary/aromatic N) is 1. The first-order chi connectivity index (χ1) is 11.1. The normalized spacial score (nSPS) is 22.3. The Balaban J connectivity index is 2.09. The van der Waals surface area contributed by atoms with E-state index < -0.39 is 0 Å². The van der Waals surface area contributed by atoms with Crippen LogP contribution in [0, 0.1) is 0 Å². The predicted octanol–water partition coefficient (Wildman–Crippen LogP) is 3.63. The Hall–Kier alpha value is -2.00. The number of rotatable bonds is 2. The minimum atomic E-state index is 0.0363. The summed E-state index contributed by atoms with van der Waals surface area (Å²) >= 11 is 0. The molecule has 3 nitrogen and oxygen atoms in total. The number of hydrogen-bond donors (Lipinski definition) is 0. The van der Waals surface area contributed by atoms with Crippen molar-refractivity contribution in [3.8, 4) is 22.6 Å². The van der Waals surface area contributed by atoms with Crippen LogP contribution >= 0.6 is 0 Å². The highest BCUT2D eigenvalue weighted by atomic mass is 16.5. The molecule has 2 aromatic rings. The molecule has 4 rings (SSSR count). The van der Waals surface area contributed by atoms with Gasteiger partial charge in [0.2, 0.25) is 0 Å². The molecule has 0 saturated carbocycles. The van der Waals surface area contributed by atoms with E-state index in [2.05, 4.69) is 49.2 Å². The lowest BCUT2D eigenvalue weighted by atomic mass is 9.69. The van der Waals surface area contributed by atoms with E-state index in [1.54, 1.807) is 14.2 Å². The molecule has 23 heavy (non-hydrogen) atoms. The summed E-state index contributed by atoms with van der Waals surface area (Å²) in [6, 6.07) is 10.8. The summed E-state index contributed by atoms with van der Waals surface area (Å²) in [7, 11) is 5.73. The van der Waals surface area contributed by atoms with Crippen molar-refractivity contribution < 1.29 is 9.47 Å². The molecule has 0 bridgehead atoms. The van der Waals surface area contributed by atoms with Gasteiger partial charge in [0.25, 0.3) is 0 Å². The van der Waals surface area contributed by atoms with Crippen LogP contribution in [0.15, 0.2) is 30.3 Å². The second-order valence-electron chi connectivity index (χ2n) is 6.83. The van der Waals surface area contributed by atoms with E-state index in [0.717, 1.165) is 30.9 Å². The Morgan fingerprint density at radius 3 is 2.65 bits per heavy atom. The van der Waals surface area contributed by atoms with Crippen LogP contribution in [0.1, 0.15) is 23.6 Å². The lowest BCUT2D eigenvalue weighted by Gasteiger charge is -2.48. The highest BCUT2D eigenvalue weighted by Crippen LogP contribution is 2.51. The number of hydrogen-bond acceptors (Lipinski definition) is 3. The summed E-state index contributed by atoms with van der Waals surface area (Å²) in [5.74, 6) is 1.89. The average molecular weight is 309 g/mol. The van der Waals surface area contributed by atoms with Crippen molar-refractivity contribution in [2.45, 2.75) is 25.3 Å². The van der Waals surface area contributed by atoms with Gasteiger partial charge in [-0.15, -0.1) is 0 Å². The summed E-state index contributed by atoms with van der Waals surface area (Å²) in [6.07, 6.45) is 2.08. The number of fused-ring (bicyclic) bond motifs is 2. The smallest absolute Gasteiger partial charge is 0.126 e. The SMILES string of the molecule is COc1cc2c3c(c1)-c1c(cccc1OC)CC3(C)N(C)CC2. The van der Waals surface area contributed by atoms with Gasteiger partial charge >= 0.3 is 0 Å². The minimum Gasteiger partial charge on any atom is -0.497 e. The van der Waals surface area contributed by atoms with Crippen molar-refractivity contribution in [2.75, 3.05) is 27.8 Å². The quantitative estimate of drug-likeness (QED) is 0.845. The first kappa shape index (κ1) is 14.6. The Bertz CT molecular complexity index is 783. The monoisotopic (exact) mass is 309 g/mol. The fraction of sp³-hybridized carbons (Fsp3) is 0.400. The van der Waals surface area contributed by atoms with E-state index in [-0.39, 0.29) is 5.54 Å². The van der Waals surface area contributed by atoms with E-state index in [9.17, 15) is 0 Å². The van der Waals surface area contributed by atoms with Gasteiger partial charge in [-0.05, 0) is 67.3 Å². The van der Waals surface area contributed by atoms with E-state index in [0.29, 0.717) is 0 Å². The predicted molar refractivity (Wildman–Crippen MR) is 92.4 cm³/mol. The van der Waals surface area contributed by atoms with Gasteiger partial charge in [-0.25, -0.2) is 0 Å². The zero-order chi connectivity index (χ0) is 16.2. The topological polar surface area (TPSA) is 21.7 Å². The molecule has 0 fully saturated rings. The van der Waals surface area contributed by atoms with Crippen LogP contribution in [0.5, 0.6) is 11.5 Å². The third-order valence-electron chi connectivity index (χ3n) is 5.66. The highest BCUT2D eigenvalue weighted by molar-refractivity contribution is 5.82. The molecule has 2 aromatic carbocycles. The molecular formula is C20H23NO2. The number of methoxy groups -OCH3 is 2. The third kappa shape index (κ3) is 1.93. The first-order valence-corrected chi connectivity index (χ1v) is 8.17. The average Bonchev–Trinajstić information content (AvgIpc) is 2.57. The van der Waals surface area contributed by atoms with Crippen molar-refractivity contribution in [3.05, 3.63) is 47.0 Å². The van der Waals surface area contributed by atoms with E-state index >= 15 is 0 Å². The zero-order valence-electron chi connectivity index (χ0n) is 14.3. The number of ether oxygens (including phenoxy) is 2. The molecule has 1 heterocycles. The Kier molecular flexibility index (Phi) is 3.17. The molecular weight excluding hydrogens is 286 g/mol. The molecule has 0 amide bonds. The van der Waals surface area contributed by atoms with Crippen molar-refractivity contribution in [3.63, 3.8) is 0 Å². The van der Waals surface area contributed by atoms with Crippen LogP contribution in [-0.4, -0.2) is 32.7 Å². The largest absolute Gasteiger partial charge is 0.497 e. The van der Waals surface area contributed by atoms with E-state index in [1.165, 1.54) is 27.8 Å². The van der Waals surface area contributed by atoms with Gasteiger partial charge in [-0.1, -0.05) is 12.1 Å². The maximum Gasteiger partial charge on any atom is 0.126 e. The molecule has 3 heteroatoms. The first-order valence-electron chi connectivity index (χ1n) is 8.17. The summed E-state index contributed by atoms with van der Waals surface area (Å²) in [5, 5.41) is 0. The van der Waals surface area contributed by atoms with Crippen LogP contribution in [0.2, 0.25) is 0 Å². The Morgan fingerprint density at radius 2 is 1.91 bits per heavy atom. The molecule has 0 spiro atoms. The standard InChI is InChI=1S/C20H23NO2/c1-20-12-14-6-5-7-17(23-4)18(14)16-11-15(22-3)10-13(19(16)20)8-9-21(20)2/h5-7,10-11H,8-9,12H2,1-4H3. The van der Waals surface area contributed by atoms with E-state index in [1.807, 2.05) is 0 Å². The molecule has 1 atom stereocenters. The molecule has 0 radical (unpaired) electrons. The van der Waals surface area contributed by atoms with Crippen molar-refractivity contribution in [1.29, 1.82) is 0 Å². The maximum atomic E-state index is 5.68. The van der Waals surface area contributed by atoms with Gasteiger partial charge in [-0.3, -0.25) is 4.90 Å². The van der Waals surface area contributed by atoms with Gasteiger partial charge < -0.3 is 9.47 Å². The van der Waals surface area contributed by atoms with Crippen LogP contribution in [0.3, 0.4) is 0 Å². The summed E-state index contributed by atoms with van der Waals surface area (Å²) in [5.41, 5.74) is 6.76. The zero-order valence-corrected chi connectivity index (χ0v) is 14.3. The molecule has 1 aliphatic carbocycles. The lowest BCUT2D eigenvalue weighted by molar-refractivity contribution is 0.122. The van der Waals surface area contributed by atoms with Crippen LogP contribution in [-0.2, 0) is 18.4 Å². The minimum absolute atomic E-state index is 0.0363. The van der Waals surface area contributed by atoms with Crippen molar-refractivity contribution in [1.82, 2.24) is 4.90 Å². The van der Waals surface area contributed by atoms with Gasteiger partial charge in [0.15, 0.2) is 0 Å². The molecule has 120 valence electrons. The number of likely N-dealkylation sites (N-methyl/N-ethyl adjacent to an activating group) is 1. The van der Waals surface area contributed by atoms with Crippen molar-refractivity contribution >= 4 is 0 Å². The summed E-state index contributed by atoms with van der Waals surface area (Å²) < 4.78 is 11.3. The summed E-state index contributed by atoms with van der Waals surface area (Å²) in [4.78, 5) is 2.49. The Morgan fingerprint density at radius 1 is 1.09 bits per heavy atom. The second-order valence-corrected chi connectivity index (χ2v) is 6.83. The molecule has 0 aromatic heterocycles. The van der Waals surface area contributed by atoms with Crippen LogP contribution in [0.4, 0.5) is 0 Å². The molecule has 1 aliphatic heterocycles. The van der Waals surface area contributed by atoms with Crippen LogP contribution in [0.25, 0.3) is 11.1 Å². The van der Waals surface area contributed by atoms with E-state index in [4.69, 9.17) is 9.47 Å². The molecule has 2 aliphatic rings. The lowest BCUT2D eigenvalue weighted by Crippen LogP contribution is -2.49. The fourth-order valence-corrected chi connectivity index (χ4v) is 4.34. The highest BCUT2D eigenvalue weighted by Gasteiger charge is 2.43. The maximum absolute atomic E-state index is 5.68. The van der Waals surface area contributed by atoms with Crippen molar-refractivity contribution in [2.24, 2.45) is 0 Å². The summed E-state index contributed by atoms with van der Waals surface area (Å²) in [6.45, 7) is 3.44. The Labute approximate surface area is 137 Å². The van der Waals surface area contributed by atoms with Gasteiger partial charge in [0.1, 0.15) is 11.5 Å². The fourth-order valence-electron chi connectivity index (χ4n) is 4.34. The molecule has 0 N–H and O–H groups in total. The third-order valence-corrected chi connectivity index (χ3v) is 5.66. The second kappa shape index (κ2) is 5.00. The number of benzene rings is 2. The van der Waals surface area contributed by atoms with Crippen LogP contribution < -0.4 is 9.47 Å².